The number of likely N-dealkylation sites (tertiary alicyclic amines) is 1. The lowest BCUT2D eigenvalue weighted by Gasteiger charge is -2.36. The van der Waals surface area contributed by atoms with E-state index in [4.69, 9.17) is 0 Å². The van der Waals surface area contributed by atoms with Crippen molar-refractivity contribution in [3.63, 3.8) is 0 Å². The van der Waals surface area contributed by atoms with E-state index in [-0.39, 0.29) is 0 Å². The summed E-state index contributed by atoms with van der Waals surface area (Å²) < 4.78 is 0. The molecule has 1 aromatic heterocycles. The number of likely N-dealkylation sites (N-methyl/N-ethyl adjacent to an activating group) is 1. The monoisotopic (exact) mass is 368 g/mol. The maximum Gasteiger partial charge on any atom is 0.0705 e. The highest BCUT2D eigenvalue weighted by Gasteiger charge is 2.34. The Morgan fingerprint density at radius 3 is 2.52 bits per heavy atom. The topological polar surface area (TPSA) is 42.8 Å². The first-order chi connectivity index (χ1) is 13.3. The molecule has 4 rings (SSSR count). The van der Waals surface area contributed by atoms with E-state index >= 15 is 0 Å². The van der Waals surface area contributed by atoms with Gasteiger partial charge < -0.3 is 14.9 Å². The van der Waals surface area contributed by atoms with Crippen LogP contribution in [0, 0.1) is 11.8 Å². The predicted molar refractivity (Wildman–Crippen MR) is 110 cm³/mol. The second-order valence-corrected chi connectivity index (χ2v) is 8.12. The fraction of sp³-hybridized carbons (Fsp3) is 0.591. The van der Waals surface area contributed by atoms with Crippen molar-refractivity contribution in [3.8, 4) is 0 Å². The molecule has 1 N–H and O–H groups in total. The summed E-state index contributed by atoms with van der Waals surface area (Å²) in [4.78, 5) is 12.1. The summed E-state index contributed by atoms with van der Waals surface area (Å²) in [7, 11) is 0. The van der Waals surface area contributed by atoms with E-state index in [0.717, 1.165) is 51.3 Å². The molecular weight excluding hydrogens is 336 g/mol. The van der Waals surface area contributed by atoms with E-state index in [1.807, 2.05) is 12.3 Å². The Morgan fingerprint density at radius 2 is 1.74 bits per heavy atom. The van der Waals surface area contributed by atoms with Crippen LogP contribution < -0.4 is 0 Å². The molecule has 5 nitrogen and oxygen atoms in total. The minimum absolute atomic E-state index is 0.299. The van der Waals surface area contributed by atoms with Gasteiger partial charge in [0, 0.05) is 70.5 Å². The van der Waals surface area contributed by atoms with Gasteiger partial charge in [-0.25, -0.2) is 0 Å². The quantitative estimate of drug-likeness (QED) is 0.844. The number of aliphatic hydroxyl groups is 1. The molecule has 2 fully saturated rings. The molecule has 2 aromatic rings. The molecule has 0 aliphatic carbocycles. The molecule has 5 heteroatoms. The number of nitrogens with zero attached hydrogens (tertiary/aromatic N) is 4. The van der Waals surface area contributed by atoms with Crippen LogP contribution in [0.5, 0.6) is 0 Å². The van der Waals surface area contributed by atoms with Crippen LogP contribution in [0.25, 0.3) is 10.9 Å². The maximum atomic E-state index is 9.94. The Morgan fingerprint density at radius 1 is 0.963 bits per heavy atom. The number of aliphatic hydroxyl groups excluding tert-OH is 1. The van der Waals surface area contributed by atoms with Crippen LogP contribution in [-0.2, 0) is 6.54 Å². The van der Waals surface area contributed by atoms with Gasteiger partial charge in [-0.15, -0.1) is 0 Å². The zero-order chi connectivity index (χ0) is 18.6. The number of fused-ring (bicyclic) bond motifs is 1. The lowest BCUT2D eigenvalue weighted by molar-refractivity contribution is 0.106. The van der Waals surface area contributed by atoms with Crippen LogP contribution in [0.15, 0.2) is 36.5 Å². The van der Waals surface area contributed by atoms with Crippen LogP contribution in [0.4, 0.5) is 0 Å². The third kappa shape index (κ3) is 4.32. The third-order valence-electron chi connectivity index (χ3n) is 6.42. The van der Waals surface area contributed by atoms with E-state index in [1.165, 1.54) is 24.0 Å². The largest absolute Gasteiger partial charge is 0.396 e. The molecule has 0 spiro atoms. The zero-order valence-electron chi connectivity index (χ0n) is 16.4. The Kier molecular flexibility index (Phi) is 6.03. The molecule has 27 heavy (non-hydrogen) atoms. The van der Waals surface area contributed by atoms with Crippen molar-refractivity contribution in [2.24, 2.45) is 11.8 Å². The van der Waals surface area contributed by atoms with Crippen molar-refractivity contribution in [3.05, 3.63) is 42.1 Å². The lowest BCUT2D eigenvalue weighted by atomic mass is 9.96. The van der Waals surface area contributed by atoms with Crippen LogP contribution >= 0.6 is 0 Å². The molecule has 0 amide bonds. The second kappa shape index (κ2) is 8.65. The highest BCUT2D eigenvalue weighted by atomic mass is 16.3. The van der Waals surface area contributed by atoms with E-state index in [9.17, 15) is 5.11 Å². The first-order valence-electron chi connectivity index (χ1n) is 10.4. The van der Waals surface area contributed by atoms with Gasteiger partial charge >= 0.3 is 0 Å². The minimum Gasteiger partial charge on any atom is -0.396 e. The van der Waals surface area contributed by atoms with Crippen LogP contribution in [0.3, 0.4) is 0 Å². The summed E-state index contributed by atoms with van der Waals surface area (Å²) in [5, 5.41) is 11.2. The smallest absolute Gasteiger partial charge is 0.0705 e. The Bertz CT molecular complexity index is 739. The number of hydrogen-bond donors (Lipinski definition) is 1. The maximum absolute atomic E-state index is 9.94. The number of pyridine rings is 1. The average Bonchev–Trinajstić information content (AvgIpc) is 3.10. The summed E-state index contributed by atoms with van der Waals surface area (Å²) in [5.74, 6) is 0.957. The molecule has 1 aromatic carbocycles. The molecule has 2 aliphatic rings. The Hall–Kier alpha value is -1.53. The molecule has 0 saturated carbocycles. The van der Waals surface area contributed by atoms with E-state index in [1.54, 1.807) is 0 Å². The summed E-state index contributed by atoms with van der Waals surface area (Å²) in [6, 6.07) is 10.6. The first kappa shape index (κ1) is 18.8. The normalized spacial score (nSPS) is 25.4. The highest BCUT2D eigenvalue weighted by Crippen LogP contribution is 2.27. The highest BCUT2D eigenvalue weighted by molar-refractivity contribution is 5.81. The number of aromatic nitrogens is 1. The van der Waals surface area contributed by atoms with E-state index in [2.05, 4.69) is 50.9 Å². The van der Waals surface area contributed by atoms with E-state index < -0.39 is 0 Å². The van der Waals surface area contributed by atoms with Crippen molar-refractivity contribution in [2.75, 3.05) is 59.0 Å². The SMILES string of the molecule is CCN1CCN(C[C@@H]2CN(Cc3cccc4ncccc34)C[C@@H]2CO)CC1. The molecule has 0 bridgehead atoms. The molecule has 0 unspecified atom stereocenters. The molecule has 3 heterocycles. The van der Waals surface area contributed by atoms with Crippen molar-refractivity contribution in [1.82, 2.24) is 19.7 Å². The second-order valence-electron chi connectivity index (χ2n) is 8.12. The van der Waals surface area contributed by atoms with Gasteiger partial charge in [0.1, 0.15) is 0 Å². The van der Waals surface area contributed by atoms with Crippen molar-refractivity contribution < 1.29 is 5.11 Å². The van der Waals surface area contributed by atoms with Gasteiger partial charge in [-0.1, -0.05) is 25.1 Å². The predicted octanol–water partition coefficient (Wildman–Crippen LogP) is 1.91. The van der Waals surface area contributed by atoms with Crippen LogP contribution in [0.1, 0.15) is 12.5 Å². The molecule has 146 valence electrons. The first-order valence-corrected chi connectivity index (χ1v) is 10.4. The number of benzene rings is 1. The lowest BCUT2D eigenvalue weighted by Crippen LogP contribution is -2.48. The van der Waals surface area contributed by atoms with Gasteiger partial charge in [0.15, 0.2) is 0 Å². The molecule has 2 atom stereocenters. The Balaban J connectivity index is 1.39. The van der Waals surface area contributed by atoms with Gasteiger partial charge in [0.05, 0.1) is 5.52 Å². The van der Waals surface area contributed by atoms with Crippen LogP contribution in [0.2, 0.25) is 0 Å². The van der Waals surface area contributed by atoms with Crippen molar-refractivity contribution >= 4 is 10.9 Å². The molecule has 2 saturated heterocycles. The summed E-state index contributed by atoms with van der Waals surface area (Å²) in [5.41, 5.74) is 2.41. The van der Waals surface area contributed by atoms with Gasteiger partial charge in [-0.3, -0.25) is 9.88 Å². The standard InChI is InChI=1S/C22H32N4O/c1-2-24-9-11-25(12-10-24)14-19-15-26(16-20(19)17-27)13-18-5-3-7-22-21(18)6-4-8-23-22/h3-8,19-20,27H,2,9-17H2,1H3/t19-,20-/m1/s1. The molecule has 0 radical (unpaired) electrons. The van der Waals surface area contributed by atoms with Crippen LogP contribution in [-0.4, -0.2) is 83.8 Å². The van der Waals surface area contributed by atoms with Gasteiger partial charge in [0.2, 0.25) is 0 Å². The number of hydrogen-bond acceptors (Lipinski definition) is 5. The minimum atomic E-state index is 0.299. The van der Waals surface area contributed by atoms with Gasteiger partial charge in [-0.05, 0) is 36.1 Å². The average molecular weight is 369 g/mol. The van der Waals surface area contributed by atoms with Crippen molar-refractivity contribution in [2.45, 2.75) is 13.5 Å². The summed E-state index contributed by atoms with van der Waals surface area (Å²) in [6.07, 6.45) is 1.86. The Labute approximate surface area is 162 Å². The zero-order valence-corrected chi connectivity index (χ0v) is 16.4. The molecule has 2 aliphatic heterocycles. The molecular formula is C22H32N4O. The van der Waals surface area contributed by atoms with E-state index in [0.29, 0.717) is 18.4 Å². The number of piperazine rings is 1. The summed E-state index contributed by atoms with van der Waals surface area (Å²) >= 11 is 0. The van der Waals surface area contributed by atoms with Gasteiger partial charge in [-0.2, -0.15) is 0 Å². The fourth-order valence-corrected chi connectivity index (χ4v) is 4.74. The van der Waals surface area contributed by atoms with Crippen molar-refractivity contribution in [1.29, 1.82) is 0 Å². The summed E-state index contributed by atoms with van der Waals surface area (Å²) in [6.45, 7) is 12.5. The number of rotatable bonds is 6. The third-order valence-corrected chi connectivity index (χ3v) is 6.42. The van der Waals surface area contributed by atoms with Gasteiger partial charge in [0.25, 0.3) is 0 Å². The fourth-order valence-electron chi connectivity index (χ4n) is 4.74.